The number of hydrogen-bond acceptors (Lipinski definition) is 3. The molecular formula is C24H31FO4. The molecular weight excluding hydrogens is 371 g/mol. The van der Waals surface area contributed by atoms with Crippen molar-refractivity contribution in [3.05, 3.63) is 52.9 Å². The van der Waals surface area contributed by atoms with Gasteiger partial charge >= 0.3 is 5.97 Å². The number of halogens is 1. The number of hydrogen-bond donors (Lipinski definition) is 2. The van der Waals surface area contributed by atoms with Crippen LogP contribution in [0.3, 0.4) is 0 Å². The first-order valence-corrected chi connectivity index (χ1v) is 9.92. The summed E-state index contributed by atoms with van der Waals surface area (Å²) in [6, 6.07) is 5.09. The lowest BCUT2D eigenvalue weighted by Gasteiger charge is -2.43. The number of carboxylic acid groups (broad SMARTS) is 1. The number of aliphatic hydroxyl groups is 1. The summed E-state index contributed by atoms with van der Waals surface area (Å²) in [7, 11) is 0. The zero-order valence-electron chi connectivity index (χ0n) is 17.9. The van der Waals surface area contributed by atoms with Gasteiger partial charge in [0, 0.05) is 6.42 Å². The molecule has 1 aliphatic carbocycles. The van der Waals surface area contributed by atoms with E-state index >= 15 is 0 Å². The third-order valence-corrected chi connectivity index (χ3v) is 5.42. The molecule has 1 aromatic rings. The van der Waals surface area contributed by atoms with Gasteiger partial charge < -0.3 is 10.2 Å². The van der Waals surface area contributed by atoms with E-state index in [0.29, 0.717) is 5.56 Å². The van der Waals surface area contributed by atoms with Gasteiger partial charge in [-0.15, -0.1) is 0 Å². The second-order valence-corrected chi connectivity index (χ2v) is 9.51. The minimum Gasteiger partial charge on any atom is -0.481 e. The lowest BCUT2D eigenvalue weighted by molar-refractivity contribution is -0.139. The molecule has 2 N–H and O–H groups in total. The van der Waals surface area contributed by atoms with Gasteiger partial charge in [0.25, 0.3) is 0 Å². The van der Waals surface area contributed by atoms with Gasteiger partial charge in [-0.3, -0.25) is 9.59 Å². The van der Waals surface area contributed by atoms with E-state index < -0.39 is 18.5 Å². The number of benzene rings is 1. The minimum absolute atomic E-state index is 0.0557. The first-order valence-electron chi connectivity index (χ1n) is 9.92. The number of allylic oxidation sites excluding steroid dienone is 4. The van der Waals surface area contributed by atoms with Crippen LogP contribution < -0.4 is 0 Å². The van der Waals surface area contributed by atoms with Gasteiger partial charge in [-0.1, -0.05) is 39.8 Å². The fourth-order valence-electron chi connectivity index (χ4n) is 4.50. The van der Waals surface area contributed by atoms with Gasteiger partial charge in [0.05, 0.1) is 12.5 Å². The number of rotatable bonds is 7. The van der Waals surface area contributed by atoms with Gasteiger partial charge in [-0.2, -0.15) is 0 Å². The van der Waals surface area contributed by atoms with E-state index in [1.807, 2.05) is 6.07 Å². The minimum atomic E-state index is -1.20. The monoisotopic (exact) mass is 402 g/mol. The van der Waals surface area contributed by atoms with E-state index in [2.05, 4.69) is 27.7 Å². The lowest BCUT2D eigenvalue weighted by atomic mass is 9.61. The molecule has 158 valence electrons. The molecule has 1 atom stereocenters. The number of aliphatic carboxylic acids is 1. The van der Waals surface area contributed by atoms with Crippen LogP contribution in [0.15, 0.2) is 35.9 Å². The maximum atomic E-state index is 13.8. The van der Waals surface area contributed by atoms with Gasteiger partial charge in [-0.05, 0) is 71.1 Å². The Morgan fingerprint density at radius 2 is 1.86 bits per heavy atom. The van der Waals surface area contributed by atoms with Crippen molar-refractivity contribution in [1.29, 1.82) is 0 Å². The molecule has 0 spiro atoms. The van der Waals surface area contributed by atoms with Crippen LogP contribution in [0.1, 0.15) is 64.5 Å². The molecule has 0 unspecified atom stereocenters. The molecule has 1 aliphatic rings. The molecule has 0 amide bonds. The third kappa shape index (κ3) is 6.10. The van der Waals surface area contributed by atoms with Crippen molar-refractivity contribution >= 4 is 17.3 Å². The highest BCUT2D eigenvalue weighted by Crippen LogP contribution is 2.52. The SMILES string of the molecule is Cc1cc(C2=C(/C=C/C(=O)C[C@@H](O)CC(=O)O)C(C)(C)CC(C)(C)C2)ccc1F. The number of ketones is 1. The fourth-order valence-corrected chi connectivity index (χ4v) is 4.50. The summed E-state index contributed by atoms with van der Waals surface area (Å²) in [5.41, 5.74) is 3.49. The van der Waals surface area contributed by atoms with Gasteiger partial charge in [0.2, 0.25) is 0 Å². The highest BCUT2D eigenvalue weighted by atomic mass is 19.1. The molecule has 0 aliphatic heterocycles. The Bertz CT molecular complexity index is 862. The van der Waals surface area contributed by atoms with Crippen molar-refractivity contribution in [3.63, 3.8) is 0 Å². The normalized spacial score (nSPS) is 19.4. The smallest absolute Gasteiger partial charge is 0.305 e. The summed E-state index contributed by atoms with van der Waals surface area (Å²) in [6.07, 6.45) is 3.07. The number of carbonyl (C=O) groups excluding carboxylic acids is 1. The van der Waals surface area contributed by atoms with E-state index in [9.17, 15) is 19.1 Å². The second kappa shape index (κ2) is 8.62. The summed E-state index contributed by atoms with van der Waals surface area (Å²) in [6.45, 7) is 10.4. The predicted octanol–water partition coefficient (Wildman–Crippen LogP) is 5.08. The van der Waals surface area contributed by atoms with E-state index in [1.54, 1.807) is 19.1 Å². The molecule has 29 heavy (non-hydrogen) atoms. The van der Waals surface area contributed by atoms with Gasteiger partial charge in [-0.25, -0.2) is 4.39 Å². The summed E-state index contributed by atoms with van der Waals surface area (Å²) in [5, 5.41) is 18.4. The maximum Gasteiger partial charge on any atom is 0.305 e. The molecule has 4 nitrogen and oxygen atoms in total. The molecule has 0 radical (unpaired) electrons. The fraction of sp³-hybridized carbons (Fsp3) is 0.500. The number of aryl methyl sites for hydroxylation is 1. The molecule has 0 bridgehead atoms. The van der Waals surface area contributed by atoms with Crippen molar-refractivity contribution in [2.45, 2.75) is 66.4 Å². The lowest BCUT2D eigenvalue weighted by Crippen LogP contribution is -2.30. The molecule has 0 fully saturated rings. The van der Waals surface area contributed by atoms with Crippen LogP contribution in [-0.4, -0.2) is 28.1 Å². The second-order valence-electron chi connectivity index (χ2n) is 9.51. The Hall–Kier alpha value is -2.27. The molecule has 0 aromatic heterocycles. The standard InChI is InChI=1S/C24H31FO4/c1-15-10-16(6-9-21(15)25)19-13-23(2,3)14-24(4,5)20(19)8-7-17(26)11-18(27)12-22(28)29/h6-10,18,27H,11-14H2,1-5H3,(H,28,29)/b8-7+/t18-/m1/s1. The Labute approximate surface area is 172 Å². The Balaban J connectivity index is 2.43. The van der Waals surface area contributed by atoms with Gasteiger partial charge in [0.15, 0.2) is 5.78 Å². The Morgan fingerprint density at radius 3 is 2.45 bits per heavy atom. The molecule has 5 heteroatoms. The van der Waals surface area contributed by atoms with Crippen LogP contribution in [-0.2, 0) is 9.59 Å². The Morgan fingerprint density at radius 1 is 1.21 bits per heavy atom. The third-order valence-electron chi connectivity index (χ3n) is 5.42. The average molecular weight is 403 g/mol. The first-order chi connectivity index (χ1) is 13.3. The summed E-state index contributed by atoms with van der Waals surface area (Å²) in [5.74, 6) is -1.70. The van der Waals surface area contributed by atoms with Crippen LogP contribution in [0, 0.1) is 23.6 Å². The van der Waals surface area contributed by atoms with Crippen molar-refractivity contribution in [2.75, 3.05) is 0 Å². The maximum absolute atomic E-state index is 13.8. The summed E-state index contributed by atoms with van der Waals surface area (Å²) >= 11 is 0. The summed E-state index contributed by atoms with van der Waals surface area (Å²) in [4.78, 5) is 22.9. The summed E-state index contributed by atoms with van der Waals surface area (Å²) < 4.78 is 13.8. The predicted molar refractivity (Wildman–Crippen MR) is 112 cm³/mol. The number of carbonyl (C=O) groups is 2. The molecule has 0 heterocycles. The topological polar surface area (TPSA) is 74.6 Å². The van der Waals surface area contributed by atoms with E-state index in [-0.39, 0.29) is 28.9 Å². The van der Waals surface area contributed by atoms with E-state index in [1.165, 1.54) is 12.1 Å². The van der Waals surface area contributed by atoms with Crippen molar-refractivity contribution < 1.29 is 24.2 Å². The zero-order chi connectivity index (χ0) is 22.0. The first kappa shape index (κ1) is 23.0. The highest BCUT2D eigenvalue weighted by Gasteiger charge is 2.38. The van der Waals surface area contributed by atoms with Crippen LogP contribution in [0.2, 0.25) is 0 Å². The van der Waals surface area contributed by atoms with Crippen LogP contribution in [0.25, 0.3) is 5.57 Å². The zero-order valence-corrected chi connectivity index (χ0v) is 17.9. The number of aliphatic hydroxyl groups excluding tert-OH is 1. The Kier molecular flexibility index (Phi) is 6.84. The molecule has 1 aromatic carbocycles. The average Bonchev–Trinajstić information content (AvgIpc) is 2.53. The quantitative estimate of drug-likeness (QED) is 0.623. The number of carboxylic acids is 1. The van der Waals surface area contributed by atoms with Crippen molar-refractivity contribution in [3.8, 4) is 0 Å². The highest BCUT2D eigenvalue weighted by molar-refractivity contribution is 5.91. The molecule has 0 saturated heterocycles. The van der Waals surface area contributed by atoms with E-state index in [0.717, 1.165) is 29.6 Å². The van der Waals surface area contributed by atoms with Crippen molar-refractivity contribution in [1.82, 2.24) is 0 Å². The van der Waals surface area contributed by atoms with Gasteiger partial charge in [0.1, 0.15) is 5.82 Å². The van der Waals surface area contributed by atoms with Crippen LogP contribution in [0.4, 0.5) is 4.39 Å². The van der Waals surface area contributed by atoms with Crippen LogP contribution in [0.5, 0.6) is 0 Å². The van der Waals surface area contributed by atoms with Crippen molar-refractivity contribution in [2.24, 2.45) is 10.8 Å². The van der Waals surface area contributed by atoms with Crippen LogP contribution >= 0.6 is 0 Å². The largest absolute Gasteiger partial charge is 0.481 e. The molecule has 2 rings (SSSR count). The molecule has 0 saturated carbocycles. The van der Waals surface area contributed by atoms with E-state index in [4.69, 9.17) is 5.11 Å².